The molecule has 31 heavy (non-hydrogen) atoms. The number of nitrogens with zero attached hydrogens (tertiary/aromatic N) is 1. The highest BCUT2D eigenvalue weighted by molar-refractivity contribution is 7.92. The minimum atomic E-state index is -4.09. The zero-order chi connectivity index (χ0) is 22.8. The second-order valence-corrected chi connectivity index (χ2v) is 9.15. The van der Waals surface area contributed by atoms with Gasteiger partial charge in [0.25, 0.3) is 10.0 Å². The number of carbonyl (C=O) groups is 1. The molecule has 8 heteroatoms. The monoisotopic (exact) mass is 444 g/mol. The Morgan fingerprint density at radius 3 is 2.16 bits per heavy atom. The molecule has 1 amide bonds. The first kappa shape index (κ1) is 22.4. The highest BCUT2D eigenvalue weighted by atomic mass is 32.2. The van der Waals surface area contributed by atoms with Crippen molar-refractivity contribution in [3.63, 3.8) is 0 Å². The predicted octanol–water partition coefficient (Wildman–Crippen LogP) is 4.72. The lowest BCUT2D eigenvalue weighted by Gasteiger charge is -2.26. The first-order chi connectivity index (χ1) is 14.6. The Morgan fingerprint density at radius 1 is 0.903 bits per heavy atom. The molecule has 0 atom stereocenters. The molecule has 0 aliphatic heterocycles. The fourth-order valence-electron chi connectivity index (χ4n) is 3.13. The number of nitrogens with one attached hydrogen (secondary N) is 1. The van der Waals surface area contributed by atoms with Crippen LogP contribution in [0.5, 0.6) is 0 Å². The topological polar surface area (TPSA) is 66.5 Å². The van der Waals surface area contributed by atoms with Crippen LogP contribution in [0.15, 0.2) is 65.6 Å². The summed E-state index contributed by atoms with van der Waals surface area (Å²) >= 11 is 0. The molecule has 162 valence electrons. The second kappa shape index (κ2) is 8.85. The minimum Gasteiger partial charge on any atom is -0.322 e. The van der Waals surface area contributed by atoms with Crippen LogP contribution in [0, 0.1) is 32.4 Å². The van der Waals surface area contributed by atoms with Crippen molar-refractivity contribution < 1.29 is 22.0 Å². The van der Waals surface area contributed by atoms with E-state index in [1.807, 2.05) is 19.9 Å². The average molecular weight is 445 g/mol. The Hall–Kier alpha value is -3.26. The summed E-state index contributed by atoms with van der Waals surface area (Å²) in [6, 6.07) is 14.2. The van der Waals surface area contributed by atoms with Crippen LogP contribution in [-0.2, 0) is 14.8 Å². The molecule has 0 unspecified atom stereocenters. The van der Waals surface area contributed by atoms with Crippen molar-refractivity contribution in [3.05, 3.63) is 89.0 Å². The quantitative estimate of drug-likeness (QED) is 0.598. The zero-order valence-electron chi connectivity index (χ0n) is 17.3. The van der Waals surface area contributed by atoms with Gasteiger partial charge in [-0.3, -0.25) is 9.10 Å². The molecule has 0 radical (unpaired) electrons. The lowest BCUT2D eigenvalue weighted by Crippen LogP contribution is -2.38. The summed E-state index contributed by atoms with van der Waals surface area (Å²) in [4.78, 5) is 12.7. The summed E-state index contributed by atoms with van der Waals surface area (Å²) in [6.07, 6.45) is 0. The van der Waals surface area contributed by atoms with E-state index in [-0.39, 0.29) is 10.6 Å². The van der Waals surface area contributed by atoms with Crippen LogP contribution in [-0.4, -0.2) is 20.9 Å². The number of anilines is 2. The van der Waals surface area contributed by atoms with Crippen molar-refractivity contribution in [1.82, 2.24) is 0 Å². The van der Waals surface area contributed by atoms with Crippen LogP contribution in [0.2, 0.25) is 0 Å². The molecular weight excluding hydrogens is 422 g/mol. The summed E-state index contributed by atoms with van der Waals surface area (Å²) in [7, 11) is -4.09. The van der Waals surface area contributed by atoms with E-state index < -0.39 is 34.1 Å². The van der Waals surface area contributed by atoms with Gasteiger partial charge in [0.05, 0.1) is 16.3 Å². The van der Waals surface area contributed by atoms with Gasteiger partial charge >= 0.3 is 0 Å². The summed E-state index contributed by atoms with van der Waals surface area (Å²) in [5.74, 6) is -2.50. The van der Waals surface area contributed by atoms with E-state index in [9.17, 15) is 22.0 Å². The van der Waals surface area contributed by atoms with Crippen molar-refractivity contribution in [1.29, 1.82) is 0 Å². The molecule has 0 spiro atoms. The molecule has 5 nitrogen and oxygen atoms in total. The first-order valence-corrected chi connectivity index (χ1v) is 10.9. The molecule has 1 N–H and O–H groups in total. The fraction of sp³-hybridized carbons (Fsp3) is 0.174. The Labute approximate surface area is 180 Å². The highest BCUT2D eigenvalue weighted by Gasteiger charge is 2.28. The molecule has 3 aromatic carbocycles. The number of benzene rings is 3. The maximum absolute atomic E-state index is 13.9. The van der Waals surface area contributed by atoms with E-state index >= 15 is 0 Å². The second-order valence-electron chi connectivity index (χ2n) is 7.29. The Kier molecular flexibility index (Phi) is 6.40. The van der Waals surface area contributed by atoms with Gasteiger partial charge in [-0.05, 0) is 56.7 Å². The van der Waals surface area contributed by atoms with Gasteiger partial charge in [-0.1, -0.05) is 35.4 Å². The van der Waals surface area contributed by atoms with Gasteiger partial charge in [-0.25, -0.2) is 17.2 Å². The van der Waals surface area contributed by atoms with E-state index in [0.717, 1.165) is 27.6 Å². The molecule has 0 aliphatic carbocycles. The third-order valence-electron chi connectivity index (χ3n) is 4.72. The largest absolute Gasteiger partial charge is 0.322 e. The van der Waals surface area contributed by atoms with Gasteiger partial charge in [-0.15, -0.1) is 0 Å². The smallest absolute Gasteiger partial charge is 0.264 e. The summed E-state index contributed by atoms with van der Waals surface area (Å²) < 4.78 is 54.9. The van der Waals surface area contributed by atoms with E-state index in [0.29, 0.717) is 17.3 Å². The maximum Gasteiger partial charge on any atom is 0.264 e. The van der Waals surface area contributed by atoms with Crippen molar-refractivity contribution in [2.24, 2.45) is 0 Å². The summed E-state index contributed by atoms with van der Waals surface area (Å²) in [5, 5.41) is 2.31. The third kappa shape index (κ3) is 5.08. The van der Waals surface area contributed by atoms with Gasteiger partial charge in [0, 0.05) is 6.07 Å². The number of sulfonamides is 1. The number of hydrogen-bond donors (Lipinski definition) is 1. The van der Waals surface area contributed by atoms with Crippen molar-refractivity contribution in [2.75, 3.05) is 16.2 Å². The van der Waals surface area contributed by atoms with Gasteiger partial charge in [0.1, 0.15) is 18.2 Å². The van der Waals surface area contributed by atoms with Gasteiger partial charge in [0.15, 0.2) is 0 Å². The fourth-order valence-corrected chi connectivity index (χ4v) is 4.62. The Bertz CT molecular complexity index is 1230. The van der Waals surface area contributed by atoms with E-state index in [1.165, 1.54) is 12.1 Å². The first-order valence-electron chi connectivity index (χ1n) is 9.49. The van der Waals surface area contributed by atoms with Crippen LogP contribution >= 0.6 is 0 Å². The summed E-state index contributed by atoms with van der Waals surface area (Å²) in [6.45, 7) is 4.87. The molecule has 0 fully saturated rings. The number of carbonyl (C=O) groups excluding carboxylic acids is 1. The SMILES string of the molecule is Cc1ccc(S(=O)(=O)N(CC(=O)Nc2ccc(F)cc2F)c2ccc(C)cc2C)cc1. The van der Waals surface area contributed by atoms with Crippen LogP contribution in [0.25, 0.3) is 0 Å². The van der Waals surface area contributed by atoms with Crippen LogP contribution < -0.4 is 9.62 Å². The van der Waals surface area contributed by atoms with Gasteiger partial charge < -0.3 is 5.32 Å². The normalized spacial score (nSPS) is 11.3. The number of rotatable bonds is 6. The van der Waals surface area contributed by atoms with Crippen molar-refractivity contribution >= 4 is 27.3 Å². The van der Waals surface area contributed by atoms with Crippen LogP contribution in [0.1, 0.15) is 16.7 Å². The van der Waals surface area contributed by atoms with Crippen LogP contribution in [0.3, 0.4) is 0 Å². The van der Waals surface area contributed by atoms with Crippen molar-refractivity contribution in [3.8, 4) is 0 Å². The zero-order valence-corrected chi connectivity index (χ0v) is 18.1. The maximum atomic E-state index is 13.9. The van der Waals surface area contributed by atoms with Crippen LogP contribution in [0.4, 0.5) is 20.2 Å². The number of hydrogen-bond acceptors (Lipinski definition) is 3. The van der Waals surface area contributed by atoms with Crippen molar-refractivity contribution in [2.45, 2.75) is 25.7 Å². The molecule has 3 aromatic rings. The lowest BCUT2D eigenvalue weighted by atomic mass is 10.1. The molecule has 0 heterocycles. The molecule has 0 bridgehead atoms. The van der Waals surface area contributed by atoms with Gasteiger partial charge in [-0.2, -0.15) is 0 Å². The predicted molar refractivity (Wildman–Crippen MR) is 117 cm³/mol. The highest BCUT2D eigenvalue weighted by Crippen LogP contribution is 2.28. The Morgan fingerprint density at radius 2 is 1.55 bits per heavy atom. The average Bonchev–Trinajstić information content (AvgIpc) is 2.69. The lowest BCUT2D eigenvalue weighted by molar-refractivity contribution is -0.114. The molecule has 0 saturated heterocycles. The molecule has 0 aromatic heterocycles. The molecule has 0 saturated carbocycles. The summed E-state index contributed by atoms with van der Waals surface area (Å²) in [5.41, 5.74) is 2.59. The number of halogens is 2. The standard InChI is InChI=1S/C23H22F2N2O3S/c1-15-4-8-19(9-5-15)31(29,30)27(22-11-6-16(2)12-17(22)3)14-23(28)26-21-10-7-18(24)13-20(21)25/h4-13H,14H2,1-3H3,(H,26,28). The minimum absolute atomic E-state index is 0.0267. The van der Waals surface area contributed by atoms with E-state index in [1.54, 1.807) is 31.2 Å². The van der Waals surface area contributed by atoms with Gasteiger partial charge in [0.2, 0.25) is 5.91 Å². The van der Waals surface area contributed by atoms with E-state index in [2.05, 4.69) is 5.32 Å². The Balaban J connectivity index is 1.99. The number of aryl methyl sites for hydroxylation is 3. The van der Waals surface area contributed by atoms with E-state index in [4.69, 9.17) is 0 Å². The third-order valence-corrected chi connectivity index (χ3v) is 6.50. The number of amides is 1. The molecular formula is C23H22F2N2O3S. The molecule has 3 rings (SSSR count). The molecule has 0 aliphatic rings.